The summed E-state index contributed by atoms with van der Waals surface area (Å²) >= 11 is 0. The molecule has 0 spiro atoms. The van der Waals surface area contributed by atoms with E-state index in [4.69, 9.17) is 4.74 Å². The lowest BCUT2D eigenvalue weighted by Crippen LogP contribution is -2.37. The fourth-order valence-corrected chi connectivity index (χ4v) is 2.22. The van der Waals surface area contributed by atoms with Gasteiger partial charge in [-0.15, -0.1) is 0 Å². The van der Waals surface area contributed by atoms with Gasteiger partial charge in [0.25, 0.3) is 0 Å². The Morgan fingerprint density at radius 1 is 1.21 bits per heavy atom. The molecule has 0 aliphatic heterocycles. The van der Waals surface area contributed by atoms with E-state index in [1.54, 1.807) is 7.11 Å². The molecule has 2 nitrogen and oxygen atoms in total. The maximum Gasteiger partial charge on any atom is 0.126 e. The quantitative estimate of drug-likeness (QED) is 0.784. The van der Waals surface area contributed by atoms with Gasteiger partial charge in [-0.25, -0.2) is 8.78 Å². The van der Waals surface area contributed by atoms with Gasteiger partial charge in [-0.1, -0.05) is 13.8 Å². The molecule has 0 amide bonds. The molecule has 1 N–H and O–H groups in total. The van der Waals surface area contributed by atoms with Gasteiger partial charge in [-0.05, 0) is 43.0 Å². The van der Waals surface area contributed by atoms with Crippen molar-refractivity contribution in [3.8, 4) is 0 Å². The third kappa shape index (κ3) is 5.66. The average molecular weight is 271 g/mol. The van der Waals surface area contributed by atoms with Crippen molar-refractivity contribution in [3.63, 3.8) is 0 Å². The van der Waals surface area contributed by atoms with Crippen molar-refractivity contribution in [2.24, 2.45) is 5.92 Å². The first kappa shape index (κ1) is 16.1. The molecule has 4 heteroatoms. The highest BCUT2D eigenvalue weighted by atomic mass is 19.1. The Kier molecular flexibility index (Phi) is 6.95. The molecule has 2 unspecified atom stereocenters. The second kappa shape index (κ2) is 8.23. The predicted molar refractivity (Wildman–Crippen MR) is 73.2 cm³/mol. The summed E-state index contributed by atoms with van der Waals surface area (Å²) < 4.78 is 31.5. The zero-order valence-electron chi connectivity index (χ0n) is 11.9. The molecule has 108 valence electrons. The van der Waals surface area contributed by atoms with Crippen LogP contribution in [0.2, 0.25) is 0 Å². The third-order valence-corrected chi connectivity index (χ3v) is 3.31. The monoisotopic (exact) mass is 271 g/mol. The number of likely N-dealkylation sites (N-methyl/N-ethyl adjacent to an activating group) is 1. The van der Waals surface area contributed by atoms with Gasteiger partial charge in [0, 0.05) is 25.8 Å². The zero-order valence-corrected chi connectivity index (χ0v) is 11.9. The molecule has 0 aromatic heterocycles. The lowest BCUT2D eigenvalue weighted by Gasteiger charge is -2.25. The summed E-state index contributed by atoms with van der Waals surface area (Å²) in [6.45, 7) is 5.69. The van der Waals surface area contributed by atoms with Gasteiger partial charge in [-0.3, -0.25) is 0 Å². The summed E-state index contributed by atoms with van der Waals surface area (Å²) in [4.78, 5) is 0. The smallest absolute Gasteiger partial charge is 0.126 e. The molecule has 19 heavy (non-hydrogen) atoms. The van der Waals surface area contributed by atoms with E-state index < -0.39 is 11.6 Å². The van der Waals surface area contributed by atoms with E-state index in [9.17, 15) is 8.78 Å². The Morgan fingerprint density at radius 2 is 1.84 bits per heavy atom. The van der Waals surface area contributed by atoms with Crippen LogP contribution in [0.5, 0.6) is 0 Å². The van der Waals surface area contributed by atoms with Crippen LogP contribution >= 0.6 is 0 Å². The molecule has 0 saturated heterocycles. The van der Waals surface area contributed by atoms with Crippen LogP contribution in [0.25, 0.3) is 0 Å². The Morgan fingerprint density at radius 3 is 2.37 bits per heavy atom. The first-order valence-electron chi connectivity index (χ1n) is 6.74. The molecule has 2 atom stereocenters. The van der Waals surface area contributed by atoms with E-state index >= 15 is 0 Å². The van der Waals surface area contributed by atoms with E-state index in [0.29, 0.717) is 24.5 Å². The van der Waals surface area contributed by atoms with Crippen molar-refractivity contribution >= 4 is 0 Å². The van der Waals surface area contributed by atoms with Crippen LogP contribution < -0.4 is 5.32 Å². The van der Waals surface area contributed by atoms with Crippen molar-refractivity contribution in [2.45, 2.75) is 32.7 Å². The molecule has 0 aliphatic carbocycles. The van der Waals surface area contributed by atoms with Crippen LogP contribution in [0.1, 0.15) is 25.8 Å². The van der Waals surface area contributed by atoms with E-state index in [1.165, 1.54) is 12.1 Å². The Bertz CT molecular complexity index is 364. The van der Waals surface area contributed by atoms with Gasteiger partial charge in [0.15, 0.2) is 0 Å². The SMILES string of the molecule is CCNC(Cc1cc(F)cc(F)c1)C(C)CCOC. The Balaban J connectivity index is 2.71. The molecule has 0 bridgehead atoms. The van der Waals surface area contributed by atoms with Crippen molar-refractivity contribution in [2.75, 3.05) is 20.3 Å². The molecule has 0 aliphatic rings. The minimum atomic E-state index is -0.519. The maximum atomic E-state index is 13.2. The van der Waals surface area contributed by atoms with Gasteiger partial charge < -0.3 is 10.1 Å². The number of nitrogens with one attached hydrogen (secondary N) is 1. The van der Waals surface area contributed by atoms with Crippen molar-refractivity contribution < 1.29 is 13.5 Å². The molecular weight excluding hydrogens is 248 g/mol. The lowest BCUT2D eigenvalue weighted by molar-refractivity contribution is 0.170. The average Bonchev–Trinajstić information content (AvgIpc) is 2.34. The van der Waals surface area contributed by atoms with Crippen LogP contribution in [0, 0.1) is 17.6 Å². The topological polar surface area (TPSA) is 21.3 Å². The first-order valence-corrected chi connectivity index (χ1v) is 6.74. The fourth-order valence-electron chi connectivity index (χ4n) is 2.22. The number of rotatable bonds is 8. The predicted octanol–water partition coefficient (Wildman–Crippen LogP) is 3.16. The molecule has 1 rings (SSSR count). The lowest BCUT2D eigenvalue weighted by atomic mass is 9.92. The summed E-state index contributed by atoms with van der Waals surface area (Å²) in [5, 5.41) is 3.38. The normalized spacial score (nSPS) is 14.4. The second-order valence-corrected chi connectivity index (χ2v) is 4.90. The summed E-state index contributed by atoms with van der Waals surface area (Å²) in [5.74, 6) is -0.657. The highest BCUT2D eigenvalue weighted by Gasteiger charge is 2.17. The summed E-state index contributed by atoms with van der Waals surface area (Å²) in [6.07, 6.45) is 1.54. The number of hydrogen-bond donors (Lipinski definition) is 1. The van der Waals surface area contributed by atoms with Crippen LogP contribution in [-0.4, -0.2) is 26.3 Å². The number of benzene rings is 1. The second-order valence-electron chi connectivity index (χ2n) is 4.90. The van der Waals surface area contributed by atoms with Gasteiger partial charge >= 0.3 is 0 Å². The van der Waals surface area contributed by atoms with Gasteiger partial charge in [0.05, 0.1) is 0 Å². The van der Waals surface area contributed by atoms with Crippen LogP contribution in [-0.2, 0) is 11.2 Å². The molecule has 1 aromatic rings. The largest absolute Gasteiger partial charge is 0.385 e. The van der Waals surface area contributed by atoms with Gasteiger partial charge in [-0.2, -0.15) is 0 Å². The molecule has 1 aromatic carbocycles. The van der Waals surface area contributed by atoms with Crippen molar-refractivity contribution in [1.29, 1.82) is 0 Å². The van der Waals surface area contributed by atoms with E-state index in [1.807, 2.05) is 6.92 Å². The van der Waals surface area contributed by atoms with Crippen molar-refractivity contribution in [3.05, 3.63) is 35.4 Å². The van der Waals surface area contributed by atoms with Crippen LogP contribution in [0.4, 0.5) is 8.78 Å². The molecule has 0 saturated carbocycles. The van der Waals surface area contributed by atoms with E-state index in [-0.39, 0.29) is 6.04 Å². The molecule has 0 fully saturated rings. The number of hydrogen-bond acceptors (Lipinski definition) is 2. The van der Waals surface area contributed by atoms with Gasteiger partial charge in [0.1, 0.15) is 11.6 Å². The van der Waals surface area contributed by atoms with Crippen LogP contribution in [0.3, 0.4) is 0 Å². The van der Waals surface area contributed by atoms with Crippen LogP contribution in [0.15, 0.2) is 18.2 Å². The minimum Gasteiger partial charge on any atom is -0.385 e. The molecule has 0 radical (unpaired) electrons. The Hall–Kier alpha value is -1.00. The highest BCUT2D eigenvalue weighted by Crippen LogP contribution is 2.16. The fraction of sp³-hybridized carbons (Fsp3) is 0.600. The molecular formula is C15H23F2NO. The zero-order chi connectivity index (χ0) is 14.3. The first-order chi connectivity index (χ1) is 9.06. The highest BCUT2D eigenvalue weighted by molar-refractivity contribution is 5.19. The third-order valence-electron chi connectivity index (χ3n) is 3.31. The van der Waals surface area contributed by atoms with E-state index in [2.05, 4.69) is 12.2 Å². The molecule has 0 heterocycles. The number of methoxy groups -OCH3 is 1. The summed E-state index contributed by atoms with van der Waals surface area (Å²) in [6, 6.07) is 3.90. The Labute approximate surface area is 114 Å². The van der Waals surface area contributed by atoms with E-state index in [0.717, 1.165) is 19.0 Å². The summed E-state index contributed by atoms with van der Waals surface area (Å²) in [5.41, 5.74) is 0.688. The maximum absolute atomic E-state index is 13.2. The number of halogens is 2. The van der Waals surface area contributed by atoms with Gasteiger partial charge in [0.2, 0.25) is 0 Å². The summed E-state index contributed by atoms with van der Waals surface area (Å²) in [7, 11) is 1.68. The number of ether oxygens (including phenoxy) is 1. The standard InChI is InChI=1S/C15H23F2NO/c1-4-18-15(11(2)5-6-19-3)9-12-7-13(16)10-14(17)8-12/h7-8,10-11,15,18H,4-6,9H2,1-3H3. The minimum absolute atomic E-state index is 0.196. The van der Waals surface area contributed by atoms with Crippen molar-refractivity contribution in [1.82, 2.24) is 5.32 Å².